The largest absolute Gasteiger partial charge is 0.366 e. The number of fused-ring (bicyclic) bond motifs is 1. The number of aromatic nitrogens is 1. The van der Waals surface area contributed by atoms with Crippen molar-refractivity contribution in [1.29, 1.82) is 0 Å². The second kappa shape index (κ2) is 2.78. The van der Waals surface area contributed by atoms with E-state index in [9.17, 15) is 4.79 Å². The van der Waals surface area contributed by atoms with Gasteiger partial charge < -0.3 is 10.5 Å². The third-order valence-corrected chi connectivity index (χ3v) is 2.48. The summed E-state index contributed by atoms with van der Waals surface area (Å²) in [6.07, 6.45) is 1.66. The van der Waals surface area contributed by atoms with Crippen LogP contribution in [0, 0.1) is 0 Å². The van der Waals surface area contributed by atoms with Crippen LogP contribution in [-0.4, -0.2) is 10.9 Å². The molecule has 2 heterocycles. The Kier molecular flexibility index (Phi) is 1.82. The maximum atomic E-state index is 10.9. The first-order valence-corrected chi connectivity index (χ1v) is 4.44. The lowest BCUT2D eigenvalue weighted by Gasteiger charge is -2.18. The Morgan fingerprint density at radius 3 is 3.00 bits per heavy atom. The summed E-state index contributed by atoms with van der Waals surface area (Å²) in [4.78, 5) is 14.9. The molecule has 0 aromatic carbocycles. The predicted molar refractivity (Wildman–Crippen MR) is 50.6 cm³/mol. The molecule has 0 radical (unpaired) electrons. The van der Waals surface area contributed by atoms with Crippen LogP contribution in [0.3, 0.4) is 0 Å². The van der Waals surface area contributed by atoms with Crippen LogP contribution in [0.2, 0.25) is 0 Å². The van der Waals surface area contributed by atoms with Crippen molar-refractivity contribution in [3.63, 3.8) is 0 Å². The molecular formula is C10H12N2O2. The molecule has 2 N–H and O–H groups in total. The lowest BCUT2D eigenvalue weighted by molar-refractivity contribution is -0.00790. The van der Waals surface area contributed by atoms with Crippen molar-refractivity contribution in [2.24, 2.45) is 5.73 Å². The molecule has 0 saturated heterocycles. The van der Waals surface area contributed by atoms with Gasteiger partial charge in [-0.05, 0) is 25.5 Å². The molecule has 0 aliphatic carbocycles. The smallest absolute Gasteiger partial charge is 0.267 e. The summed E-state index contributed by atoms with van der Waals surface area (Å²) in [6.45, 7) is 4.47. The fraction of sp³-hybridized carbons (Fsp3) is 0.400. The molecule has 1 amide bonds. The quantitative estimate of drug-likeness (QED) is 0.720. The standard InChI is InChI=1S/C10H12N2O2/c1-10(2)7-3-8(9(11)13)12-4-6(7)5-14-10/h3-4H,5H2,1-2H3,(H2,11,13). The van der Waals surface area contributed by atoms with Gasteiger partial charge >= 0.3 is 0 Å². The summed E-state index contributed by atoms with van der Waals surface area (Å²) in [7, 11) is 0. The number of pyridine rings is 1. The zero-order valence-corrected chi connectivity index (χ0v) is 8.20. The molecule has 0 unspecified atom stereocenters. The van der Waals surface area contributed by atoms with E-state index in [1.807, 2.05) is 13.8 Å². The Morgan fingerprint density at radius 1 is 1.64 bits per heavy atom. The molecule has 1 aromatic rings. The monoisotopic (exact) mass is 192 g/mol. The number of ether oxygens (including phenoxy) is 1. The van der Waals surface area contributed by atoms with Crippen LogP contribution in [0.4, 0.5) is 0 Å². The van der Waals surface area contributed by atoms with Crippen molar-refractivity contribution in [3.8, 4) is 0 Å². The molecule has 1 aliphatic heterocycles. The van der Waals surface area contributed by atoms with Crippen molar-refractivity contribution in [2.75, 3.05) is 0 Å². The molecule has 0 fully saturated rings. The lowest BCUT2D eigenvalue weighted by atomic mass is 9.97. The Bertz CT molecular complexity index is 399. The Labute approximate surface area is 82.1 Å². The van der Waals surface area contributed by atoms with Crippen LogP contribution in [0.5, 0.6) is 0 Å². The van der Waals surface area contributed by atoms with Crippen molar-refractivity contribution < 1.29 is 9.53 Å². The van der Waals surface area contributed by atoms with E-state index < -0.39 is 5.91 Å². The molecule has 4 heteroatoms. The number of primary amides is 1. The number of carbonyl (C=O) groups is 1. The van der Waals surface area contributed by atoms with Gasteiger partial charge in [0.15, 0.2) is 0 Å². The summed E-state index contributed by atoms with van der Waals surface area (Å²) in [6, 6.07) is 1.71. The topological polar surface area (TPSA) is 65.2 Å². The van der Waals surface area contributed by atoms with Gasteiger partial charge in [0, 0.05) is 11.8 Å². The molecule has 0 spiro atoms. The SMILES string of the molecule is CC1(C)OCc2cnc(C(N)=O)cc21. The summed E-state index contributed by atoms with van der Waals surface area (Å²) < 4.78 is 5.55. The molecule has 1 aliphatic rings. The lowest BCUT2D eigenvalue weighted by Crippen LogP contribution is -2.18. The van der Waals surface area contributed by atoms with Gasteiger partial charge in [-0.15, -0.1) is 0 Å². The van der Waals surface area contributed by atoms with E-state index in [0.717, 1.165) is 11.1 Å². The number of amides is 1. The Hall–Kier alpha value is -1.42. The molecular weight excluding hydrogens is 180 g/mol. The van der Waals surface area contributed by atoms with Crippen molar-refractivity contribution in [3.05, 3.63) is 29.1 Å². The second-order valence-electron chi connectivity index (χ2n) is 3.89. The van der Waals surface area contributed by atoms with Gasteiger partial charge in [-0.2, -0.15) is 0 Å². The van der Waals surface area contributed by atoms with E-state index in [-0.39, 0.29) is 5.60 Å². The first-order chi connectivity index (χ1) is 6.50. The fourth-order valence-electron chi connectivity index (χ4n) is 1.63. The number of nitrogens with zero attached hydrogens (tertiary/aromatic N) is 1. The van der Waals surface area contributed by atoms with E-state index in [4.69, 9.17) is 10.5 Å². The fourth-order valence-corrected chi connectivity index (χ4v) is 1.63. The molecule has 0 bridgehead atoms. The van der Waals surface area contributed by atoms with Crippen molar-refractivity contribution in [2.45, 2.75) is 26.1 Å². The van der Waals surface area contributed by atoms with Crippen LogP contribution in [-0.2, 0) is 16.9 Å². The molecule has 4 nitrogen and oxygen atoms in total. The highest BCUT2D eigenvalue weighted by atomic mass is 16.5. The van der Waals surface area contributed by atoms with Crippen LogP contribution < -0.4 is 5.73 Å². The summed E-state index contributed by atoms with van der Waals surface area (Å²) in [5.74, 6) is -0.504. The number of hydrogen-bond donors (Lipinski definition) is 1. The molecule has 2 rings (SSSR count). The third-order valence-electron chi connectivity index (χ3n) is 2.48. The minimum Gasteiger partial charge on any atom is -0.366 e. The number of carbonyl (C=O) groups excluding carboxylic acids is 1. The van der Waals surface area contributed by atoms with Gasteiger partial charge in [-0.1, -0.05) is 0 Å². The van der Waals surface area contributed by atoms with Gasteiger partial charge in [0.1, 0.15) is 5.69 Å². The second-order valence-corrected chi connectivity index (χ2v) is 3.89. The van der Waals surface area contributed by atoms with Crippen molar-refractivity contribution in [1.82, 2.24) is 4.98 Å². The van der Waals surface area contributed by atoms with E-state index >= 15 is 0 Å². The highest BCUT2D eigenvalue weighted by Gasteiger charge is 2.31. The Balaban J connectivity index is 2.53. The van der Waals surface area contributed by atoms with E-state index in [0.29, 0.717) is 12.3 Å². The zero-order chi connectivity index (χ0) is 10.3. The average Bonchev–Trinajstić information content (AvgIpc) is 2.42. The van der Waals surface area contributed by atoms with E-state index in [1.54, 1.807) is 12.3 Å². The van der Waals surface area contributed by atoms with Crippen LogP contribution in [0.1, 0.15) is 35.5 Å². The van der Waals surface area contributed by atoms with Gasteiger partial charge in [-0.25, -0.2) is 0 Å². The van der Waals surface area contributed by atoms with Gasteiger partial charge in [0.2, 0.25) is 0 Å². The summed E-state index contributed by atoms with van der Waals surface area (Å²) >= 11 is 0. The minimum absolute atomic E-state index is 0.294. The van der Waals surface area contributed by atoms with Crippen molar-refractivity contribution >= 4 is 5.91 Å². The summed E-state index contributed by atoms with van der Waals surface area (Å²) in [5.41, 5.74) is 7.13. The Morgan fingerprint density at radius 2 is 2.36 bits per heavy atom. The first kappa shape index (κ1) is 9.15. The highest BCUT2D eigenvalue weighted by Crippen LogP contribution is 2.35. The maximum Gasteiger partial charge on any atom is 0.267 e. The van der Waals surface area contributed by atoms with Gasteiger partial charge in [0.05, 0.1) is 12.2 Å². The van der Waals surface area contributed by atoms with Crippen LogP contribution in [0.15, 0.2) is 12.3 Å². The normalized spacial score (nSPS) is 17.9. The van der Waals surface area contributed by atoms with Gasteiger partial charge in [-0.3, -0.25) is 9.78 Å². The molecule has 1 aromatic heterocycles. The third kappa shape index (κ3) is 1.28. The van der Waals surface area contributed by atoms with E-state index in [1.165, 1.54) is 0 Å². The minimum atomic E-state index is -0.504. The zero-order valence-electron chi connectivity index (χ0n) is 8.20. The molecule has 74 valence electrons. The maximum absolute atomic E-state index is 10.9. The average molecular weight is 192 g/mol. The number of rotatable bonds is 1. The summed E-state index contributed by atoms with van der Waals surface area (Å²) in [5, 5.41) is 0. The van der Waals surface area contributed by atoms with Crippen LogP contribution in [0.25, 0.3) is 0 Å². The van der Waals surface area contributed by atoms with E-state index in [2.05, 4.69) is 4.98 Å². The predicted octanol–water partition coefficient (Wildman–Crippen LogP) is 0.946. The van der Waals surface area contributed by atoms with Gasteiger partial charge in [0.25, 0.3) is 5.91 Å². The molecule has 0 saturated carbocycles. The number of nitrogens with two attached hydrogens (primary N) is 1. The first-order valence-electron chi connectivity index (χ1n) is 4.44. The highest BCUT2D eigenvalue weighted by molar-refractivity contribution is 5.91. The molecule has 0 atom stereocenters. The number of hydrogen-bond acceptors (Lipinski definition) is 3. The molecule has 14 heavy (non-hydrogen) atoms. The van der Waals surface area contributed by atoms with Crippen LogP contribution >= 0.6 is 0 Å².